The van der Waals surface area contributed by atoms with Crippen molar-refractivity contribution in [3.8, 4) is 0 Å². The van der Waals surface area contributed by atoms with Crippen LogP contribution in [-0.2, 0) is 9.47 Å². The van der Waals surface area contributed by atoms with Gasteiger partial charge in [-0.25, -0.2) is 0 Å². The zero-order valence-corrected chi connectivity index (χ0v) is 14.1. The number of nitrogens with one attached hydrogen (secondary N) is 1. The van der Waals surface area contributed by atoms with Crippen molar-refractivity contribution in [1.29, 1.82) is 0 Å². The first-order chi connectivity index (χ1) is 12.4. The van der Waals surface area contributed by atoms with E-state index in [9.17, 15) is 20.1 Å². The van der Waals surface area contributed by atoms with Gasteiger partial charge >= 0.3 is 0 Å². The number of ether oxygens (including phenoxy) is 2. The van der Waals surface area contributed by atoms with Gasteiger partial charge in [0, 0.05) is 17.6 Å². The van der Waals surface area contributed by atoms with Crippen LogP contribution in [0.5, 0.6) is 0 Å². The molecule has 138 valence electrons. The van der Waals surface area contributed by atoms with Gasteiger partial charge in [-0.1, -0.05) is 0 Å². The molecule has 0 aliphatic carbocycles. The summed E-state index contributed by atoms with van der Waals surface area (Å²) in [6.07, 6.45) is -1.60. The summed E-state index contributed by atoms with van der Waals surface area (Å²) in [6.45, 7) is 0.978. The summed E-state index contributed by atoms with van der Waals surface area (Å²) in [5.41, 5.74) is -2.11. The minimum absolute atomic E-state index is 0.119. The highest BCUT2D eigenvalue weighted by molar-refractivity contribution is 6.09. The maximum absolute atomic E-state index is 11.8. The molecule has 4 rings (SSSR count). The Morgan fingerprint density at radius 1 is 1.46 bits per heavy atom. The minimum Gasteiger partial charge on any atom is -0.468 e. The van der Waals surface area contributed by atoms with Crippen molar-refractivity contribution in [1.82, 2.24) is 9.55 Å². The molecule has 26 heavy (non-hydrogen) atoms. The number of anilines is 1. The molecule has 4 atom stereocenters. The molecule has 10 nitrogen and oxygen atoms in total. The lowest BCUT2D eigenvalue weighted by atomic mass is 9.96. The lowest BCUT2D eigenvalue weighted by Gasteiger charge is -2.28. The molecule has 0 saturated carbocycles. The quantitative estimate of drug-likeness (QED) is 0.559. The van der Waals surface area contributed by atoms with E-state index >= 15 is 0 Å². The summed E-state index contributed by atoms with van der Waals surface area (Å²) < 4.78 is 12.4. The smallest absolute Gasteiger partial charge is 0.296 e. The van der Waals surface area contributed by atoms with E-state index in [1.165, 1.54) is 20.1 Å². The number of nitrogens with zero attached hydrogens (tertiary/aromatic N) is 3. The number of rotatable bonds is 2. The Morgan fingerprint density at radius 2 is 2.23 bits per heavy atom. The molecule has 1 fully saturated rings. The zero-order chi connectivity index (χ0) is 18.6. The average molecular weight is 362 g/mol. The number of aliphatic imine (C=N–C) groups is 1. The molecule has 1 saturated heterocycles. The van der Waals surface area contributed by atoms with Gasteiger partial charge in [-0.3, -0.25) is 10.1 Å². The van der Waals surface area contributed by atoms with Gasteiger partial charge in [0.1, 0.15) is 23.6 Å². The molecule has 10 heteroatoms. The zero-order valence-electron chi connectivity index (χ0n) is 14.1. The maximum Gasteiger partial charge on any atom is 0.296 e. The van der Waals surface area contributed by atoms with Crippen molar-refractivity contribution in [3.63, 3.8) is 0 Å². The van der Waals surface area contributed by atoms with Crippen LogP contribution in [0.2, 0.25) is 0 Å². The van der Waals surface area contributed by atoms with E-state index < -0.39 is 36.2 Å². The van der Waals surface area contributed by atoms with Gasteiger partial charge in [-0.2, -0.15) is 9.98 Å². The van der Waals surface area contributed by atoms with E-state index in [1.54, 1.807) is 16.8 Å². The Bertz CT molecular complexity index is 969. The van der Waals surface area contributed by atoms with E-state index in [1.807, 2.05) is 0 Å². The van der Waals surface area contributed by atoms with E-state index in [2.05, 4.69) is 15.3 Å². The van der Waals surface area contributed by atoms with Crippen LogP contribution in [0.25, 0.3) is 10.8 Å². The van der Waals surface area contributed by atoms with E-state index in [0.29, 0.717) is 16.6 Å². The number of aliphatic hydroxyl groups excluding tert-OH is 2. The molecular weight excluding hydrogens is 344 g/mol. The Kier molecular flexibility index (Phi) is 3.74. The second-order valence-electron chi connectivity index (χ2n) is 6.45. The van der Waals surface area contributed by atoms with E-state index in [-0.39, 0.29) is 11.8 Å². The first-order valence-corrected chi connectivity index (χ1v) is 7.99. The molecule has 0 radical (unpaired) electrons. The summed E-state index contributed by atoms with van der Waals surface area (Å²) in [5.74, 6) is 0.622. The highest BCUT2D eigenvalue weighted by Crippen LogP contribution is 2.44. The lowest BCUT2D eigenvalue weighted by Crippen LogP contribution is -2.44. The molecule has 0 bridgehead atoms. The molecule has 0 spiro atoms. The highest BCUT2D eigenvalue weighted by atomic mass is 16.6. The van der Waals surface area contributed by atoms with Crippen LogP contribution in [0.3, 0.4) is 0 Å². The van der Waals surface area contributed by atoms with Crippen molar-refractivity contribution in [3.05, 3.63) is 28.7 Å². The SMILES string of the molecule is COC1=Nc2c3c(nc(=O)ccc3cn2[C@H]2O[C@H](CO)[C@@H](O)[C@@]2(C)O)N1. The second kappa shape index (κ2) is 5.74. The first kappa shape index (κ1) is 16.9. The Morgan fingerprint density at radius 3 is 2.88 bits per heavy atom. The van der Waals surface area contributed by atoms with E-state index in [4.69, 9.17) is 9.47 Å². The van der Waals surface area contributed by atoms with Crippen molar-refractivity contribution in [2.75, 3.05) is 19.0 Å². The monoisotopic (exact) mass is 362 g/mol. The number of hydrogen-bond donors (Lipinski definition) is 4. The normalized spacial score (nSPS) is 30.2. The summed E-state index contributed by atoms with van der Waals surface area (Å²) in [5, 5.41) is 34.4. The van der Waals surface area contributed by atoms with Crippen molar-refractivity contribution < 1.29 is 24.8 Å². The van der Waals surface area contributed by atoms with Crippen LogP contribution >= 0.6 is 0 Å². The Labute approximate surface area is 147 Å². The molecule has 0 unspecified atom stereocenters. The molecule has 2 aromatic heterocycles. The molecule has 4 heterocycles. The Balaban J connectivity index is 1.96. The molecule has 2 aliphatic heterocycles. The molecular formula is C16H18N4O6. The summed E-state index contributed by atoms with van der Waals surface area (Å²) in [4.78, 5) is 20.1. The topological polar surface area (TPSA) is 138 Å². The minimum atomic E-state index is -1.67. The van der Waals surface area contributed by atoms with Gasteiger partial charge in [-0.05, 0) is 13.0 Å². The van der Waals surface area contributed by atoms with Crippen LogP contribution < -0.4 is 10.9 Å². The predicted molar refractivity (Wildman–Crippen MR) is 91.4 cm³/mol. The van der Waals surface area contributed by atoms with Gasteiger partial charge in [0.15, 0.2) is 12.0 Å². The van der Waals surface area contributed by atoms with Crippen molar-refractivity contribution >= 4 is 28.4 Å². The van der Waals surface area contributed by atoms with Crippen LogP contribution in [0.1, 0.15) is 13.2 Å². The van der Waals surface area contributed by atoms with Crippen LogP contribution in [0, 0.1) is 0 Å². The van der Waals surface area contributed by atoms with Gasteiger partial charge in [-0.15, -0.1) is 0 Å². The maximum atomic E-state index is 11.8. The number of aromatic nitrogens is 2. The number of hydrogen-bond acceptors (Lipinski definition) is 9. The van der Waals surface area contributed by atoms with Crippen molar-refractivity contribution in [2.45, 2.75) is 31.0 Å². The van der Waals surface area contributed by atoms with Crippen LogP contribution in [0.4, 0.5) is 11.6 Å². The standard InChI is InChI=1S/C16H18N4O6/c1-16(24)11(23)8(6-21)26-14(16)20-5-7-3-4-9(22)17-12-10(7)13(20)19-15(18-12)25-2/h3-5,8,11,14,21,23-24H,6H2,1-2H3,(H,17,18,19,22)/t8-,11-,14+,16-/m1/s1. The molecule has 2 aromatic rings. The second-order valence-corrected chi connectivity index (χ2v) is 6.45. The third kappa shape index (κ3) is 2.31. The summed E-state index contributed by atoms with van der Waals surface area (Å²) in [6, 6.07) is 3.03. The van der Waals surface area contributed by atoms with Gasteiger partial charge in [0.05, 0.1) is 19.1 Å². The lowest BCUT2D eigenvalue weighted by molar-refractivity contribution is -0.0955. The third-order valence-electron chi connectivity index (χ3n) is 4.71. The van der Waals surface area contributed by atoms with Crippen molar-refractivity contribution in [2.24, 2.45) is 4.99 Å². The average Bonchev–Trinajstić information content (AvgIpc) is 3.01. The number of amidine groups is 1. The van der Waals surface area contributed by atoms with Crippen LogP contribution in [0.15, 0.2) is 28.1 Å². The fourth-order valence-electron chi connectivity index (χ4n) is 3.36. The highest BCUT2D eigenvalue weighted by Gasteiger charge is 2.53. The van der Waals surface area contributed by atoms with Gasteiger partial charge < -0.3 is 29.4 Å². The van der Waals surface area contributed by atoms with Gasteiger partial charge in [0.25, 0.3) is 11.6 Å². The van der Waals surface area contributed by atoms with Gasteiger partial charge in [0.2, 0.25) is 0 Å². The molecule has 0 aromatic carbocycles. The number of aliphatic hydroxyl groups is 3. The first-order valence-electron chi connectivity index (χ1n) is 7.99. The van der Waals surface area contributed by atoms with Crippen LogP contribution in [-0.4, -0.2) is 62.4 Å². The summed E-state index contributed by atoms with van der Waals surface area (Å²) in [7, 11) is 1.41. The molecule has 4 N–H and O–H groups in total. The largest absolute Gasteiger partial charge is 0.468 e. The predicted octanol–water partition coefficient (Wildman–Crippen LogP) is -0.543. The summed E-state index contributed by atoms with van der Waals surface area (Å²) >= 11 is 0. The number of methoxy groups -OCH3 is 1. The fraction of sp³-hybridized carbons (Fsp3) is 0.438. The fourth-order valence-corrected chi connectivity index (χ4v) is 3.36. The van der Waals surface area contributed by atoms with E-state index in [0.717, 1.165) is 0 Å². The third-order valence-corrected chi connectivity index (χ3v) is 4.71. The molecule has 2 aliphatic rings. The molecule has 0 amide bonds. The Hall–Kier alpha value is -2.53.